The van der Waals surface area contributed by atoms with Crippen LogP contribution in [0.3, 0.4) is 0 Å². The number of nitrogens with one attached hydrogen (secondary N) is 1. The van der Waals surface area contributed by atoms with Crippen LogP contribution in [0.25, 0.3) is 0 Å². The van der Waals surface area contributed by atoms with Gasteiger partial charge >= 0.3 is 0 Å². The van der Waals surface area contributed by atoms with Gasteiger partial charge < -0.3 is 10.1 Å². The third-order valence-corrected chi connectivity index (χ3v) is 4.77. The van der Waals surface area contributed by atoms with Crippen LogP contribution in [-0.2, 0) is 0 Å². The first-order valence-corrected chi connectivity index (χ1v) is 7.39. The van der Waals surface area contributed by atoms with Crippen LogP contribution in [0.2, 0.25) is 0 Å². The summed E-state index contributed by atoms with van der Waals surface area (Å²) in [4.78, 5) is 1.34. The van der Waals surface area contributed by atoms with Gasteiger partial charge in [0.15, 0.2) is 0 Å². The van der Waals surface area contributed by atoms with Crippen molar-refractivity contribution in [2.75, 3.05) is 14.2 Å². The summed E-state index contributed by atoms with van der Waals surface area (Å²) >= 11 is 5.40. The maximum absolute atomic E-state index is 5.31. The minimum absolute atomic E-state index is 0.189. The first kappa shape index (κ1) is 13.6. The number of halogens is 1. The number of aryl methyl sites for hydroxylation is 1. The van der Waals surface area contributed by atoms with Gasteiger partial charge in [0.1, 0.15) is 5.75 Å². The Morgan fingerprint density at radius 2 is 2.11 bits per heavy atom. The van der Waals surface area contributed by atoms with Crippen LogP contribution in [0.1, 0.15) is 22.0 Å². The van der Waals surface area contributed by atoms with Crippen molar-refractivity contribution in [3.63, 3.8) is 0 Å². The molecule has 96 valence electrons. The van der Waals surface area contributed by atoms with E-state index in [4.69, 9.17) is 4.74 Å². The van der Waals surface area contributed by atoms with E-state index in [9.17, 15) is 0 Å². The predicted octanol–water partition coefficient (Wildman–Crippen LogP) is 4.14. The Morgan fingerprint density at radius 3 is 2.67 bits per heavy atom. The Balaban J connectivity index is 2.48. The highest BCUT2D eigenvalue weighted by Crippen LogP contribution is 2.35. The summed E-state index contributed by atoms with van der Waals surface area (Å²) < 4.78 is 6.40. The Hall–Kier alpha value is -0.840. The summed E-state index contributed by atoms with van der Waals surface area (Å²) in [5.41, 5.74) is 2.51. The highest BCUT2D eigenvalue weighted by Gasteiger charge is 2.18. The molecule has 2 rings (SSSR count). The Bertz CT molecular complexity index is 538. The van der Waals surface area contributed by atoms with Crippen LogP contribution in [0.4, 0.5) is 0 Å². The highest BCUT2D eigenvalue weighted by molar-refractivity contribution is 9.10. The first-order chi connectivity index (χ1) is 8.67. The zero-order chi connectivity index (χ0) is 13.1. The number of hydrogen-bond donors (Lipinski definition) is 1. The van der Waals surface area contributed by atoms with Crippen molar-refractivity contribution in [2.45, 2.75) is 13.0 Å². The summed E-state index contributed by atoms with van der Waals surface area (Å²) in [5, 5.41) is 5.51. The normalized spacial score (nSPS) is 12.4. The molecule has 2 nitrogen and oxygen atoms in total. The molecule has 1 unspecified atom stereocenters. The van der Waals surface area contributed by atoms with E-state index in [0.29, 0.717) is 0 Å². The fourth-order valence-electron chi connectivity index (χ4n) is 1.98. The van der Waals surface area contributed by atoms with E-state index in [1.54, 1.807) is 18.4 Å². The number of thiophene rings is 1. The van der Waals surface area contributed by atoms with Gasteiger partial charge in [0, 0.05) is 9.35 Å². The molecule has 1 heterocycles. The molecule has 0 bridgehead atoms. The lowest BCUT2D eigenvalue weighted by Gasteiger charge is -2.19. The van der Waals surface area contributed by atoms with Gasteiger partial charge in [0.2, 0.25) is 0 Å². The Labute approximate surface area is 120 Å². The molecule has 1 aromatic carbocycles. The minimum Gasteiger partial charge on any atom is -0.497 e. The van der Waals surface area contributed by atoms with E-state index in [1.807, 2.05) is 19.2 Å². The minimum atomic E-state index is 0.189. The summed E-state index contributed by atoms with van der Waals surface area (Å²) in [6.07, 6.45) is 0. The van der Waals surface area contributed by atoms with E-state index >= 15 is 0 Å². The van der Waals surface area contributed by atoms with Crippen molar-refractivity contribution in [3.05, 3.63) is 50.1 Å². The Kier molecular flexibility index (Phi) is 4.43. The van der Waals surface area contributed by atoms with Crippen molar-refractivity contribution in [1.29, 1.82) is 0 Å². The fraction of sp³-hybridized carbons (Fsp3) is 0.286. The van der Waals surface area contributed by atoms with Gasteiger partial charge in [-0.15, -0.1) is 11.3 Å². The number of methoxy groups -OCH3 is 1. The zero-order valence-corrected chi connectivity index (χ0v) is 13.1. The third kappa shape index (κ3) is 2.60. The maximum atomic E-state index is 5.31. The van der Waals surface area contributed by atoms with Gasteiger partial charge in [-0.3, -0.25) is 0 Å². The molecule has 0 aliphatic rings. The molecule has 0 saturated heterocycles. The lowest BCUT2D eigenvalue weighted by atomic mass is 10.0. The molecule has 4 heteroatoms. The molecular formula is C14H16BrNOS. The number of rotatable bonds is 4. The van der Waals surface area contributed by atoms with Gasteiger partial charge in [-0.25, -0.2) is 0 Å². The fourth-order valence-corrected chi connectivity index (χ4v) is 3.51. The molecule has 1 atom stereocenters. The molecule has 1 aromatic heterocycles. The van der Waals surface area contributed by atoms with Crippen LogP contribution in [-0.4, -0.2) is 14.2 Å². The first-order valence-electron chi connectivity index (χ1n) is 5.72. The molecule has 0 spiro atoms. The van der Waals surface area contributed by atoms with Crippen molar-refractivity contribution in [1.82, 2.24) is 5.32 Å². The second-order valence-corrected chi connectivity index (χ2v) is 5.88. The summed E-state index contributed by atoms with van der Waals surface area (Å²) in [7, 11) is 3.67. The second-order valence-electron chi connectivity index (χ2n) is 4.08. The van der Waals surface area contributed by atoms with Crippen molar-refractivity contribution in [3.8, 4) is 5.75 Å². The number of benzene rings is 1. The second kappa shape index (κ2) is 5.87. The molecule has 0 amide bonds. The van der Waals surface area contributed by atoms with E-state index in [-0.39, 0.29) is 6.04 Å². The van der Waals surface area contributed by atoms with Gasteiger partial charge in [0.25, 0.3) is 0 Å². The van der Waals surface area contributed by atoms with Crippen molar-refractivity contribution in [2.24, 2.45) is 0 Å². The van der Waals surface area contributed by atoms with E-state index < -0.39 is 0 Å². The van der Waals surface area contributed by atoms with E-state index in [0.717, 1.165) is 10.2 Å². The summed E-state index contributed by atoms with van der Waals surface area (Å²) in [6, 6.07) is 8.40. The molecular weight excluding hydrogens is 310 g/mol. The van der Waals surface area contributed by atoms with Crippen LogP contribution in [0, 0.1) is 6.92 Å². The maximum Gasteiger partial charge on any atom is 0.119 e. The molecule has 1 N–H and O–H groups in total. The van der Waals surface area contributed by atoms with E-state index in [2.05, 4.69) is 45.7 Å². The lowest BCUT2D eigenvalue weighted by molar-refractivity contribution is 0.413. The summed E-state index contributed by atoms with van der Waals surface area (Å²) in [5.74, 6) is 0.877. The standard InChI is InChI=1S/C14H16BrNOS/c1-9-6-7-18-14(9)13(16-2)11-8-10(17-3)4-5-12(11)15/h4-8,13,16H,1-3H3. The van der Waals surface area contributed by atoms with Crippen LogP contribution in [0.5, 0.6) is 5.75 Å². The largest absolute Gasteiger partial charge is 0.497 e. The molecule has 2 aromatic rings. The van der Waals surface area contributed by atoms with Crippen LogP contribution >= 0.6 is 27.3 Å². The van der Waals surface area contributed by atoms with Gasteiger partial charge in [-0.05, 0) is 54.7 Å². The average molecular weight is 326 g/mol. The monoisotopic (exact) mass is 325 g/mol. The van der Waals surface area contributed by atoms with Crippen molar-refractivity contribution >= 4 is 27.3 Å². The predicted molar refractivity (Wildman–Crippen MR) is 80.7 cm³/mol. The van der Waals surface area contributed by atoms with Gasteiger partial charge in [0.05, 0.1) is 13.2 Å². The third-order valence-electron chi connectivity index (χ3n) is 2.97. The lowest BCUT2D eigenvalue weighted by Crippen LogP contribution is -2.17. The number of ether oxygens (including phenoxy) is 1. The smallest absolute Gasteiger partial charge is 0.119 e. The SMILES string of the molecule is CNC(c1cc(OC)ccc1Br)c1sccc1C. The van der Waals surface area contributed by atoms with Crippen LogP contribution < -0.4 is 10.1 Å². The highest BCUT2D eigenvalue weighted by atomic mass is 79.9. The molecule has 0 radical (unpaired) electrons. The molecule has 0 aliphatic heterocycles. The van der Waals surface area contributed by atoms with Gasteiger partial charge in [-0.1, -0.05) is 15.9 Å². The van der Waals surface area contributed by atoms with Gasteiger partial charge in [-0.2, -0.15) is 0 Å². The molecule has 0 aliphatic carbocycles. The molecule has 0 saturated carbocycles. The number of hydrogen-bond acceptors (Lipinski definition) is 3. The summed E-state index contributed by atoms with van der Waals surface area (Å²) in [6.45, 7) is 2.14. The van der Waals surface area contributed by atoms with Crippen molar-refractivity contribution < 1.29 is 4.74 Å². The quantitative estimate of drug-likeness (QED) is 0.912. The molecule has 0 fully saturated rings. The van der Waals surface area contributed by atoms with Crippen LogP contribution in [0.15, 0.2) is 34.1 Å². The zero-order valence-electron chi connectivity index (χ0n) is 10.7. The average Bonchev–Trinajstić information content (AvgIpc) is 2.79. The molecule has 18 heavy (non-hydrogen) atoms. The Morgan fingerprint density at radius 1 is 1.33 bits per heavy atom. The van der Waals surface area contributed by atoms with E-state index in [1.165, 1.54) is 16.0 Å². The topological polar surface area (TPSA) is 21.3 Å².